The molecule has 1 heterocycles. The molecule has 29 heavy (non-hydrogen) atoms. The van der Waals surface area contributed by atoms with Crippen molar-refractivity contribution in [3.8, 4) is 23.0 Å². The fraction of sp³-hybridized carbons (Fsp3) is 0.409. The molecule has 0 radical (unpaired) electrons. The van der Waals surface area contributed by atoms with Gasteiger partial charge in [-0.25, -0.2) is 0 Å². The van der Waals surface area contributed by atoms with E-state index in [0.29, 0.717) is 67.2 Å². The number of amides is 1. The molecule has 0 unspecified atom stereocenters. The first-order valence-electron chi connectivity index (χ1n) is 9.88. The van der Waals surface area contributed by atoms with Gasteiger partial charge in [0.25, 0.3) is 5.91 Å². The van der Waals surface area contributed by atoms with Gasteiger partial charge in [-0.05, 0) is 50.1 Å². The number of halogens is 1. The van der Waals surface area contributed by atoms with E-state index < -0.39 is 0 Å². The van der Waals surface area contributed by atoms with Crippen molar-refractivity contribution in [2.24, 2.45) is 0 Å². The van der Waals surface area contributed by atoms with Gasteiger partial charge in [-0.2, -0.15) is 0 Å². The molecule has 0 saturated carbocycles. The molecule has 1 aliphatic heterocycles. The number of nitrogens with one attached hydrogen (secondary N) is 1. The normalized spacial score (nSPS) is 12.8. The summed E-state index contributed by atoms with van der Waals surface area (Å²) in [5, 5.41) is 3.30. The van der Waals surface area contributed by atoms with Gasteiger partial charge in [-0.3, -0.25) is 4.79 Å². The van der Waals surface area contributed by atoms with Crippen molar-refractivity contribution in [1.82, 2.24) is 5.32 Å². The lowest BCUT2D eigenvalue weighted by atomic mass is 10.1. The zero-order valence-electron chi connectivity index (χ0n) is 16.8. The van der Waals surface area contributed by atoms with E-state index in [-0.39, 0.29) is 5.91 Å². The van der Waals surface area contributed by atoms with Crippen LogP contribution in [0.15, 0.2) is 30.3 Å². The lowest BCUT2D eigenvalue weighted by molar-refractivity contribution is 0.0953. The molecule has 1 amide bonds. The van der Waals surface area contributed by atoms with Crippen LogP contribution in [0.5, 0.6) is 23.0 Å². The van der Waals surface area contributed by atoms with Gasteiger partial charge in [0.1, 0.15) is 0 Å². The third-order valence-electron chi connectivity index (χ3n) is 4.37. The maximum Gasteiger partial charge on any atom is 0.251 e. The topological polar surface area (TPSA) is 66.0 Å². The van der Waals surface area contributed by atoms with Crippen molar-refractivity contribution in [3.63, 3.8) is 0 Å². The Morgan fingerprint density at radius 1 is 1.07 bits per heavy atom. The summed E-state index contributed by atoms with van der Waals surface area (Å²) in [6, 6.07) is 9.10. The maximum atomic E-state index is 12.6. The van der Waals surface area contributed by atoms with Crippen molar-refractivity contribution < 1.29 is 23.7 Å². The summed E-state index contributed by atoms with van der Waals surface area (Å²) in [6.45, 7) is 6.57. The van der Waals surface area contributed by atoms with Crippen molar-refractivity contribution in [2.45, 2.75) is 26.7 Å². The molecule has 7 heteroatoms. The van der Waals surface area contributed by atoms with Crippen molar-refractivity contribution in [2.75, 3.05) is 33.0 Å². The lowest BCUT2D eigenvalue weighted by Gasteiger charge is -2.13. The minimum absolute atomic E-state index is 0.210. The second-order valence-corrected chi connectivity index (χ2v) is 6.90. The highest BCUT2D eigenvalue weighted by Gasteiger charge is 2.18. The molecule has 0 saturated heterocycles. The number of benzene rings is 2. The van der Waals surface area contributed by atoms with Gasteiger partial charge >= 0.3 is 0 Å². The number of fused-ring (bicyclic) bond motifs is 1. The summed E-state index contributed by atoms with van der Waals surface area (Å²) in [5.74, 6) is 2.24. The first-order chi connectivity index (χ1) is 14.1. The molecule has 2 aromatic rings. The van der Waals surface area contributed by atoms with Crippen LogP contribution in [-0.4, -0.2) is 38.9 Å². The smallest absolute Gasteiger partial charge is 0.251 e. The fourth-order valence-electron chi connectivity index (χ4n) is 3.04. The third kappa shape index (κ3) is 5.48. The number of hydrogen-bond donors (Lipinski definition) is 1. The quantitative estimate of drug-likeness (QED) is 0.692. The Balaban J connectivity index is 1.62. The number of carbonyl (C=O) groups is 1. The Morgan fingerprint density at radius 3 is 2.62 bits per heavy atom. The van der Waals surface area contributed by atoms with Gasteiger partial charge in [0.2, 0.25) is 0 Å². The van der Waals surface area contributed by atoms with Crippen LogP contribution in [-0.2, 0) is 6.42 Å². The molecule has 3 rings (SSSR count). The van der Waals surface area contributed by atoms with Gasteiger partial charge in [0, 0.05) is 18.5 Å². The summed E-state index contributed by atoms with van der Waals surface area (Å²) in [5.41, 5.74) is 1.50. The van der Waals surface area contributed by atoms with Gasteiger partial charge in [-0.1, -0.05) is 17.7 Å². The first-order valence-corrected chi connectivity index (χ1v) is 10.3. The SMILES string of the molecule is CCOc1ccc(CCNC(=O)c2cc(Cl)c3c(c2)OCCCO3)cc1OCC. The average Bonchev–Trinajstić information content (AvgIpc) is 2.96. The molecule has 0 atom stereocenters. The highest BCUT2D eigenvalue weighted by Crippen LogP contribution is 2.38. The fourth-order valence-corrected chi connectivity index (χ4v) is 3.30. The van der Waals surface area contributed by atoms with E-state index in [1.54, 1.807) is 12.1 Å². The summed E-state index contributed by atoms with van der Waals surface area (Å²) in [4.78, 5) is 12.6. The largest absolute Gasteiger partial charge is 0.490 e. The predicted molar refractivity (Wildman–Crippen MR) is 112 cm³/mol. The molecule has 0 aromatic heterocycles. The van der Waals surface area contributed by atoms with Gasteiger partial charge in [0.15, 0.2) is 23.0 Å². The van der Waals surface area contributed by atoms with Crippen molar-refractivity contribution in [1.29, 1.82) is 0 Å². The van der Waals surface area contributed by atoms with Crippen LogP contribution in [0.25, 0.3) is 0 Å². The molecular formula is C22H26ClNO5. The third-order valence-corrected chi connectivity index (χ3v) is 4.65. The number of carbonyl (C=O) groups excluding carboxylic acids is 1. The second-order valence-electron chi connectivity index (χ2n) is 6.49. The minimum atomic E-state index is -0.210. The standard InChI is InChI=1S/C22H26ClNO5/c1-3-26-18-7-6-15(12-19(18)27-4-2)8-9-24-22(25)16-13-17(23)21-20(14-16)28-10-5-11-29-21/h6-7,12-14H,3-5,8-11H2,1-2H3,(H,24,25). The number of ether oxygens (including phenoxy) is 4. The molecule has 156 valence electrons. The summed E-state index contributed by atoms with van der Waals surface area (Å²) < 4.78 is 22.5. The van der Waals surface area contributed by atoms with Crippen LogP contribution in [0.4, 0.5) is 0 Å². The molecule has 6 nitrogen and oxygen atoms in total. The molecule has 1 aliphatic rings. The van der Waals surface area contributed by atoms with Crippen LogP contribution < -0.4 is 24.3 Å². The van der Waals surface area contributed by atoms with E-state index in [2.05, 4.69) is 5.32 Å². The number of rotatable bonds is 8. The predicted octanol–water partition coefficient (Wildman–Crippen LogP) is 4.27. The lowest BCUT2D eigenvalue weighted by Crippen LogP contribution is -2.25. The Morgan fingerprint density at radius 2 is 1.83 bits per heavy atom. The molecule has 0 bridgehead atoms. The van der Waals surface area contributed by atoms with E-state index in [0.717, 1.165) is 17.7 Å². The highest BCUT2D eigenvalue weighted by molar-refractivity contribution is 6.32. The van der Waals surface area contributed by atoms with Crippen LogP contribution >= 0.6 is 11.6 Å². The van der Waals surface area contributed by atoms with E-state index in [1.807, 2.05) is 32.0 Å². The maximum absolute atomic E-state index is 12.6. The second kappa shape index (κ2) is 10.3. The molecular weight excluding hydrogens is 394 g/mol. The zero-order chi connectivity index (χ0) is 20.6. The Hall–Kier alpha value is -2.60. The van der Waals surface area contributed by atoms with Crippen LogP contribution in [0.3, 0.4) is 0 Å². The average molecular weight is 420 g/mol. The monoisotopic (exact) mass is 419 g/mol. The van der Waals surface area contributed by atoms with Gasteiger partial charge < -0.3 is 24.3 Å². The van der Waals surface area contributed by atoms with Crippen molar-refractivity contribution >= 4 is 17.5 Å². The van der Waals surface area contributed by atoms with E-state index >= 15 is 0 Å². The Labute approximate surface area is 176 Å². The Bertz CT molecular complexity index is 855. The van der Waals surface area contributed by atoms with Crippen LogP contribution in [0.2, 0.25) is 5.02 Å². The van der Waals surface area contributed by atoms with Crippen LogP contribution in [0.1, 0.15) is 36.2 Å². The molecule has 1 N–H and O–H groups in total. The Kier molecular flexibility index (Phi) is 7.47. The summed E-state index contributed by atoms with van der Waals surface area (Å²) >= 11 is 6.27. The summed E-state index contributed by atoms with van der Waals surface area (Å²) in [6.07, 6.45) is 1.44. The highest BCUT2D eigenvalue weighted by atomic mass is 35.5. The van der Waals surface area contributed by atoms with Gasteiger partial charge in [-0.15, -0.1) is 0 Å². The zero-order valence-corrected chi connectivity index (χ0v) is 17.5. The van der Waals surface area contributed by atoms with Gasteiger partial charge in [0.05, 0.1) is 31.5 Å². The molecule has 2 aromatic carbocycles. The van der Waals surface area contributed by atoms with E-state index in [4.69, 9.17) is 30.5 Å². The minimum Gasteiger partial charge on any atom is -0.490 e. The van der Waals surface area contributed by atoms with Crippen LogP contribution in [0, 0.1) is 0 Å². The summed E-state index contributed by atoms with van der Waals surface area (Å²) in [7, 11) is 0. The van der Waals surface area contributed by atoms with Crippen molar-refractivity contribution in [3.05, 3.63) is 46.5 Å². The molecule has 0 aliphatic carbocycles. The van der Waals surface area contributed by atoms with E-state index in [1.165, 1.54) is 0 Å². The van der Waals surface area contributed by atoms with E-state index in [9.17, 15) is 4.79 Å². The first kappa shape index (κ1) is 21.1. The molecule has 0 fully saturated rings. The molecule has 0 spiro atoms. The number of hydrogen-bond acceptors (Lipinski definition) is 5.